The first-order valence-corrected chi connectivity index (χ1v) is 8.37. The lowest BCUT2D eigenvalue weighted by Crippen LogP contribution is -2.24. The molecule has 0 spiro atoms. The molecule has 0 bridgehead atoms. The summed E-state index contributed by atoms with van der Waals surface area (Å²) in [6, 6.07) is 18.3. The Kier molecular flexibility index (Phi) is 5.01. The highest BCUT2D eigenvalue weighted by molar-refractivity contribution is 8.13. The summed E-state index contributed by atoms with van der Waals surface area (Å²) in [6.07, 6.45) is 2.49. The maximum absolute atomic E-state index is 5.31. The van der Waals surface area contributed by atoms with Gasteiger partial charge in [-0.25, -0.2) is 4.99 Å². The van der Waals surface area contributed by atoms with E-state index in [9.17, 15) is 0 Å². The van der Waals surface area contributed by atoms with Crippen LogP contribution in [0.4, 0.5) is 5.69 Å². The van der Waals surface area contributed by atoms with Crippen LogP contribution in [0, 0.1) is 0 Å². The van der Waals surface area contributed by atoms with Crippen LogP contribution in [0.5, 0.6) is 5.75 Å². The number of benzene rings is 2. The molecule has 0 N–H and O–H groups in total. The number of thioether (sulfide) groups is 1. The number of para-hydroxylation sites is 1. The summed E-state index contributed by atoms with van der Waals surface area (Å²) in [6.45, 7) is 2.17. The zero-order chi connectivity index (χ0) is 15.2. The summed E-state index contributed by atoms with van der Waals surface area (Å²) in [5, 5.41) is 1.07. The van der Waals surface area contributed by atoms with Crippen LogP contribution in [0.15, 0.2) is 64.5 Å². The van der Waals surface area contributed by atoms with Crippen LogP contribution in [0.3, 0.4) is 0 Å². The van der Waals surface area contributed by atoms with E-state index in [0.29, 0.717) is 0 Å². The highest BCUT2D eigenvalue weighted by Crippen LogP contribution is 2.28. The van der Waals surface area contributed by atoms with E-state index in [2.05, 4.69) is 17.0 Å². The molecule has 1 aliphatic rings. The average molecular weight is 312 g/mol. The molecule has 0 aliphatic carbocycles. The quantitative estimate of drug-likeness (QED) is 0.471. The molecule has 0 atom stereocenters. The third-order valence-corrected chi connectivity index (χ3v) is 4.63. The van der Waals surface area contributed by atoms with Crippen molar-refractivity contribution in [3.05, 3.63) is 54.6 Å². The van der Waals surface area contributed by atoms with Gasteiger partial charge in [-0.2, -0.15) is 0 Å². The van der Waals surface area contributed by atoms with Crippen molar-refractivity contribution in [3.8, 4) is 5.75 Å². The maximum atomic E-state index is 5.31. The van der Waals surface area contributed by atoms with Gasteiger partial charge in [-0.15, -0.1) is 0 Å². The van der Waals surface area contributed by atoms with Gasteiger partial charge >= 0.3 is 0 Å². The van der Waals surface area contributed by atoms with Crippen molar-refractivity contribution in [2.75, 3.05) is 20.2 Å². The smallest absolute Gasteiger partial charge is 0.169 e. The number of aliphatic imine (C=N–C) groups is 1. The van der Waals surface area contributed by atoms with Crippen molar-refractivity contribution >= 4 is 22.6 Å². The van der Waals surface area contributed by atoms with Gasteiger partial charge in [-0.05, 0) is 43.2 Å². The van der Waals surface area contributed by atoms with Crippen molar-refractivity contribution < 1.29 is 4.74 Å². The molecule has 0 unspecified atom stereocenters. The number of hydrogen-bond acceptors (Lipinski definition) is 3. The minimum Gasteiger partial charge on any atom is -0.497 e. The number of methoxy groups -OCH3 is 1. The molecule has 0 amide bonds. The molecule has 2 aromatic carbocycles. The normalized spacial score (nSPS) is 15.1. The van der Waals surface area contributed by atoms with Gasteiger partial charge in [-0.3, -0.25) is 0 Å². The molecule has 3 nitrogen and oxygen atoms in total. The number of likely N-dealkylation sites (tertiary alicyclic amines) is 1. The van der Waals surface area contributed by atoms with Gasteiger partial charge in [-0.1, -0.05) is 36.0 Å². The summed E-state index contributed by atoms with van der Waals surface area (Å²) in [5.74, 6) is 0.880. The maximum Gasteiger partial charge on any atom is 0.169 e. The lowest BCUT2D eigenvalue weighted by Gasteiger charge is -2.19. The molecule has 1 saturated heterocycles. The van der Waals surface area contributed by atoms with Gasteiger partial charge in [0.25, 0.3) is 0 Å². The Morgan fingerprint density at radius 1 is 1.05 bits per heavy atom. The second-order valence-corrected chi connectivity index (χ2v) is 6.25. The minimum atomic E-state index is 0.880. The number of hydrogen-bond donors (Lipinski definition) is 0. The van der Waals surface area contributed by atoms with E-state index in [4.69, 9.17) is 9.73 Å². The Balaban J connectivity index is 1.86. The van der Waals surface area contributed by atoms with Crippen LogP contribution in [-0.2, 0) is 0 Å². The van der Waals surface area contributed by atoms with E-state index >= 15 is 0 Å². The summed E-state index contributed by atoms with van der Waals surface area (Å²) < 4.78 is 5.31. The Bertz CT molecular complexity index is 637. The first-order chi connectivity index (χ1) is 10.8. The third kappa shape index (κ3) is 3.83. The van der Waals surface area contributed by atoms with E-state index < -0.39 is 0 Å². The molecular formula is C18H20N2OS. The van der Waals surface area contributed by atoms with Crippen LogP contribution in [0.1, 0.15) is 12.8 Å². The largest absolute Gasteiger partial charge is 0.497 e. The molecule has 114 valence electrons. The molecule has 4 heteroatoms. The number of nitrogens with zero attached hydrogens (tertiary/aromatic N) is 2. The Labute approximate surface area is 136 Å². The highest BCUT2D eigenvalue weighted by atomic mass is 32.2. The highest BCUT2D eigenvalue weighted by Gasteiger charge is 2.17. The van der Waals surface area contributed by atoms with Crippen molar-refractivity contribution in [1.29, 1.82) is 0 Å². The topological polar surface area (TPSA) is 24.8 Å². The van der Waals surface area contributed by atoms with Gasteiger partial charge in [0.05, 0.1) is 12.8 Å². The predicted molar refractivity (Wildman–Crippen MR) is 93.2 cm³/mol. The standard InChI is InChI=1S/C18H20N2OS/c1-21-16-10-7-11-17(14-16)22-18(20-12-5-6-13-20)19-15-8-3-2-4-9-15/h2-4,7-11,14H,5-6,12-13H2,1H3. The van der Waals surface area contributed by atoms with Crippen molar-refractivity contribution in [3.63, 3.8) is 0 Å². The third-order valence-electron chi connectivity index (χ3n) is 3.61. The van der Waals surface area contributed by atoms with Crippen molar-refractivity contribution in [1.82, 2.24) is 4.90 Å². The Morgan fingerprint density at radius 2 is 1.82 bits per heavy atom. The zero-order valence-electron chi connectivity index (χ0n) is 12.7. The molecule has 0 aromatic heterocycles. The summed E-state index contributed by atoms with van der Waals surface area (Å²) in [7, 11) is 1.70. The molecule has 2 aromatic rings. The summed E-state index contributed by atoms with van der Waals surface area (Å²) in [5.41, 5.74) is 1.000. The first-order valence-electron chi connectivity index (χ1n) is 7.56. The van der Waals surface area contributed by atoms with Crippen molar-refractivity contribution in [2.45, 2.75) is 17.7 Å². The fraction of sp³-hybridized carbons (Fsp3) is 0.278. The zero-order valence-corrected chi connectivity index (χ0v) is 13.6. The van der Waals surface area contributed by atoms with Gasteiger partial charge in [0.15, 0.2) is 5.17 Å². The fourth-order valence-electron chi connectivity index (χ4n) is 2.45. The number of ether oxygens (including phenoxy) is 1. The van der Waals surface area contributed by atoms with E-state index in [-0.39, 0.29) is 0 Å². The molecule has 0 saturated carbocycles. The monoisotopic (exact) mass is 312 g/mol. The summed E-state index contributed by atoms with van der Waals surface area (Å²) >= 11 is 1.71. The molecule has 22 heavy (non-hydrogen) atoms. The molecule has 1 fully saturated rings. The molecule has 1 aliphatic heterocycles. The van der Waals surface area contributed by atoms with E-state index in [1.54, 1.807) is 18.9 Å². The van der Waals surface area contributed by atoms with Crippen LogP contribution in [0.25, 0.3) is 0 Å². The van der Waals surface area contributed by atoms with Gasteiger partial charge in [0.2, 0.25) is 0 Å². The van der Waals surface area contributed by atoms with Gasteiger partial charge in [0.1, 0.15) is 5.75 Å². The number of amidine groups is 1. The minimum absolute atomic E-state index is 0.880. The fourth-order valence-corrected chi connectivity index (χ4v) is 3.44. The first kappa shape index (κ1) is 15.0. The number of rotatable bonds is 3. The van der Waals surface area contributed by atoms with E-state index in [0.717, 1.165) is 34.6 Å². The molecule has 0 radical (unpaired) electrons. The predicted octanol–water partition coefficient (Wildman–Crippen LogP) is 4.57. The Morgan fingerprint density at radius 3 is 2.55 bits per heavy atom. The van der Waals surface area contributed by atoms with Crippen LogP contribution in [-0.4, -0.2) is 30.3 Å². The second-order valence-electron chi connectivity index (χ2n) is 5.21. The molecular weight excluding hydrogens is 292 g/mol. The second kappa shape index (κ2) is 7.36. The van der Waals surface area contributed by atoms with Gasteiger partial charge < -0.3 is 9.64 Å². The van der Waals surface area contributed by atoms with Gasteiger partial charge in [0, 0.05) is 18.0 Å². The Hall–Kier alpha value is -1.94. The van der Waals surface area contributed by atoms with Crippen LogP contribution >= 0.6 is 11.8 Å². The van der Waals surface area contributed by atoms with E-state index in [1.165, 1.54) is 12.8 Å². The summed E-state index contributed by atoms with van der Waals surface area (Å²) in [4.78, 5) is 8.38. The van der Waals surface area contributed by atoms with Crippen LogP contribution < -0.4 is 4.74 Å². The van der Waals surface area contributed by atoms with E-state index in [1.807, 2.05) is 42.5 Å². The van der Waals surface area contributed by atoms with Crippen LogP contribution in [0.2, 0.25) is 0 Å². The lowest BCUT2D eigenvalue weighted by atomic mass is 10.3. The molecule has 3 rings (SSSR count). The average Bonchev–Trinajstić information content (AvgIpc) is 3.10. The lowest BCUT2D eigenvalue weighted by molar-refractivity contribution is 0.413. The molecule has 1 heterocycles. The SMILES string of the molecule is COc1cccc(SC(=Nc2ccccc2)N2CCCC2)c1. The van der Waals surface area contributed by atoms with Crippen molar-refractivity contribution in [2.24, 2.45) is 4.99 Å².